The smallest absolute Gasteiger partial charge is 0.251 e. The Morgan fingerprint density at radius 2 is 2.06 bits per heavy atom. The summed E-state index contributed by atoms with van der Waals surface area (Å²) < 4.78 is 0. The van der Waals surface area contributed by atoms with Crippen LogP contribution < -0.4 is 16.0 Å². The quantitative estimate of drug-likeness (QED) is 0.786. The van der Waals surface area contributed by atoms with Gasteiger partial charge in [-0.3, -0.25) is 4.79 Å². The maximum absolute atomic E-state index is 11.9. The Balaban J connectivity index is 2.67. The lowest BCUT2D eigenvalue weighted by Gasteiger charge is -2.16. The molecule has 0 spiro atoms. The van der Waals surface area contributed by atoms with E-state index in [1.165, 1.54) is 0 Å². The van der Waals surface area contributed by atoms with Crippen molar-refractivity contribution in [3.05, 3.63) is 23.8 Å². The highest BCUT2D eigenvalue weighted by molar-refractivity contribution is 5.96. The number of amides is 1. The Morgan fingerprint density at radius 3 is 2.56 bits per heavy atom. The SMILES string of the molecule is CC(C)CCNC(=O)c1ccc(N(C)C)c(N)c1. The minimum Gasteiger partial charge on any atom is -0.397 e. The van der Waals surface area contributed by atoms with Gasteiger partial charge in [0.15, 0.2) is 0 Å². The molecule has 0 heterocycles. The second kappa shape index (κ2) is 6.28. The molecule has 100 valence electrons. The van der Waals surface area contributed by atoms with E-state index in [4.69, 9.17) is 5.73 Å². The highest BCUT2D eigenvalue weighted by Gasteiger charge is 2.08. The topological polar surface area (TPSA) is 58.4 Å². The van der Waals surface area contributed by atoms with E-state index >= 15 is 0 Å². The molecule has 0 unspecified atom stereocenters. The van der Waals surface area contributed by atoms with Gasteiger partial charge in [-0.05, 0) is 30.5 Å². The van der Waals surface area contributed by atoms with Crippen molar-refractivity contribution in [3.8, 4) is 0 Å². The Kier molecular flexibility index (Phi) is 5.01. The molecule has 0 atom stereocenters. The first-order chi connectivity index (χ1) is 8.41. The summed E-state index contributed by atoms with van der Waals surface area (Å²) in [5.41, 5.74) is 8.07. The van der Waals surface area contributed by atoms with E-state index < -0.39 is 0 Å². The van der Waals surface area contributed by atoms with Crippen LogP contribution in [0.15, 0.2) is 18.2 Å². The number of nitrogens with two attached hydrogens (primary N) is 1. The number of anilines is 2. The Morgan fingerprint density at radius 1 is 1.39 bits per heavy atom. The molecular weight excluding hydrogens is 226 g/mol. The van der Waals surface area contributed by atoms with Crippen molar-refractivity contribution in [2.45, 2.75) is 20.3 Å². The number of benzene rings is 1. The zero-order valence-electron chi connectivity index (χ0n) is 11.7. The van der Waals surface area contributed by atoms with Crippen molar-refractivity contribution in [2.75, 3.05) is 31.3 Å². The van der Waals surface area contributed by atoms with Gasteiger partial charge in [-0.2, -0.15) is 0 Å². The predicted molar refractivity (Wildman–Crippen MR) is 77.0 cm³/mol. The molecule has 1 amide bonds. The number of nitrogen functional groups attached to an aromatic ring is 1. The zero-order chi connectivity index (χ0) is 13.7. The first kappa shape index (κ1) is 14.4. The van der Waals surface area contributed by atoms with Crippen molar-refractivity contribution in [1.82, 2.24) is 5.32 Å². The van der Waals surface area contributed by atoms with Crippen LogP contribution in [0.3, 0.4) is 0 Å². The van der Waals surface area contributed by atoms with Gasteiger partial charge in [0, 0.05) is 26.2 Å². The second-order valence-corrected chi connectivity index (χ2v) is 5.11. The number of carbonyl (C=O) groups is 1. The van der Waals surface area contributed by atoms with Crippen LogP contribution in [0.5, 0.6) is 0 Å². The number of nitrogens with one attached hydrogen (secondary N) is 1. The fraction of sp³-hybridized carbons (Fsp3) is 0.500. The highest BCUT2D eigenvalue weighted by atomic mass is 16.1. The van der Waals surface area contributed by atoms with Crippen LogP contribution >= 0.6 is 0 Å². The molecule has 0 saturated carbocycles. The molecule has 3 N–H and O–H groups in total. The van der Waals surface area contributed by atoms with Crippen LogP contribution in [-0.4, -0.2) is 26.5 Å². The molecule has 0 bridgehead atoms. The third-order valence-corrected chi connectivity index (χ3v) is 2.78. The van der Waals surface area contributed by atoms with Gasteiger partial charge in [0.25, 0.3) is 5.91 Å². The lowest BCUT2D eigenvalue weighted by atomic mass is 10.1. The predicted octanol–water partition coefficient (Wildman–Crippen LogP) is 2.11. The van der Waals surface area contributed by atoms with E-state index in [0.29, 0.717) is 23.7 Å². The lowest BCUT2D eigenvalue weighted by Crippen LogP contribution is -2.25. The van der Waals surface area contributed by atoms with Gasteiger partial charge in [0.2, 0.25) is 0 Å². The van der Waals surface area contributed by atoms with Crippen molar-refractivity contribution in [1.29, 1.82) is 0 Å². The molecule has 0 aliphatic carbocycles. The Hall–Kier alpha value is -1.71. The third kappa shape index (κ3) is 3.95. The maximum Gasteiger partial charge on any atom is 0.251 e. The molecule has 0 saturated heterocycles. The van der Waals surface area contributed by atoms with Crippen LogP contribution in [0.4, 0.5) is 11.4 Å². The van der Waals surface area contributed by atoms with Gasteiger partial charge in [0.05, 0.1) is 11.4 Å². The van der Waals surface area contributed by atoms with E-state index in [-0.39, 0.29) is 5.91 Å². The molecule has 18 heavy (non-hydrogen) atoms. The van der Waals surface area contributed by atoms with Crippen molar-refractivity contribution >= 4 is 17.3 Å². The summed E-state index contributed by atoms with van der Waals surface area (Å²) in [5.74, 6) is 0.527. The number of rotatable bonds is 5. The van der Waals surface area contributed by atoms with Gasteiger partial charge >= 0.3 is 0 Å². The zero-order valence-corrected chi connectivity index (χ0v) is 11.7. The monoisotopic (exact) mass is 249 g/mol. The van der Waals surface area contributed by atoms with E-state index in [1.807, 2.05) is 25.1 Å². The molecule has 0 radical (unpaired) electrons. The summed E-state index contributed by atoms with van der Waals surface area (Å²) in [5, 5.41) is 2.90. The standard InChI is InChI=1S/C14H23N3O/c1-10(2)7-8-16-14(18)11-5-6-13(17(3)4)12(15)9-11/h5-6,9-10H,7-8,15H2,1-4H3,(H,16,18). The lowest BCUT2D eigenvalue weighted by molar-refractivity contribution is 0.0952. The average molecular weight is 249 g/mol. The molecule has 0 aromatic heterocycles. The molecule has 1 aromatic rings. The number of hydrogen-bond donors (Lipinski definition) is 2. The van der Waals surface area contributed by atoms with Crippen molar-refractivity contribution in [3.63, 3.8) is 0 Å². The van der Waals surface area contributed by atoms with Gasteiger partial charge in [-0.25, -0.2) is 0 Å². The fourth-order valence-corrected chi connectivity index (χ4v) is 1.68. The molecular formula is C14H23N3O. The summed E-state index contributed by atoms with van der Waals surface area (Å²) in [7, 11) is 3.85. The number of carbonyl (C=O) groups excluding carboxylic acids is 1. The maximum atomic E-state index is 11.9. The Labute approximate surface area is 109 Å². The normalized spacial score (nSPS) is 10.5. The molecule has 1 rings (SSSR count). The number of nitrogens with zero attached hydrogens (tertiary/aromatic N) is 1. The second-order valence-electron chi connectivity index (χ2n) is 5.11. The fourth-order valence-electron chi connectivity index (χ4n) is 1.68. The molecule has 0 aliphatic heterocycles. The first-order valence-corrected chi connectivity index (χ1v) is 6.27. The van der Waals surface area contributed by atoms with Gasteiger partial charge in [-0.15, -0.1) is 0 Å². The van der Waals surface area contributed by atoms with Crippen LogP contribution in [0, 0.1) is 5.92 Å². The summed E-state index contributed by atoms with van der Waals surface area (Å²) in [6.45, 7) is 4.97. The van der Waals surface area contributed by atoms with Crippen LogP contribution in [0.2, 0.25) is 0 Å². The van der Waals surface area contributed by atoms with Crippen LogP contribution in [0.1, 0.15) is 30.6 Å². The summed E-state index contributed by atoms with van der Waals surface area (Å²) >= 11 is 0. The summed E-state index contributed by atoms with van der Waals surface area (Å²) in [6, 6.07) is 5.39. The summed E-state index contributed by atoms with van der Waals surface area (Å²) in [6.07, 6.45) is 0.983. The third-order valence-electron chi connectivity index (χ3n) is 2.78. The molecule has 1 aromatic carbocycles. The van der Waals surface area contributed by atoms with Gasteiger partial charge < -0.3 is 16.0 Å². The van der Waals surface area contributed by atoms with E-state index in [1.54, 1.807) is 12.1 Å². The molecule has 0 aliphatic rings. The molecule has 4 heteroatoms. The molecule has 4 nitrogen and oxygen atoms in total. The van der Waals surface area contributed by atoms with Gasteiger partial charge in [-0.1, -0.05) is 13.8 Å². The highest BCUT2D eigenvalue weighted by Crippen LogP contribution is 2.22. The minimum atomic E-state index is -0.0624. The van der Waals surface area contributed by atoms with Crippen molar-refractivity contribution < 1.29 is 4.79 Å². The van der Waals surface area contributed by atoms with Gasteiger partial charge in [0.1, 0.15) is 0 Å². The van der Waals surface area contributed by atoms with E-state index in [0.717, 1.165) is 12.1 Å². The van der Waals surface area contributed by atoms with E-state index in [2.05, 4.69) is 19.2 Å². The Bertz CT molecular complexity index is 414. The minimum absolute atomic E-state index is 0.0624. The van der Waals surface area contributed by atoms with E-state index in [9.17, 15) is 4.79 Å². The van der Waals surface area contributed by atoms with Crippen LogP contribution in [0.25, 0.3) is 0 Å². The average Bonchev–Trinajstić information content (AvgIpc) is 2.27. The molecule has 0 fully saturated rings. The first-order valence-electron chi connectivity index (χ1n) is 6.27. The summed E-state index contributed by atoms with van der Waals surface area (Å²) in [4.78, 5) is 13.8. The largest absolute Gasteiger partial charge is 0.397 e. The number of hydrogen-bond acceptors (Lipinski definition) is 3. The van der Waals surface area contributed by atoms with Crippen molar-refractivity contribution in [2.24, 2.45) is 5.92 Å². The van der Waals surface area contributed by atoms with Crippen LogP contribution in [-0.2, 0) is 0 Å².